The first-order chi connectivity index (χ1) is 7.66. The SMILES string of the molecule is Fc1cc(Cl)c(NCC2CCCN2)c(Br)c1. The Morgan fingerprint density at radius 2 is 2.38 bits per heavy atom. The lowest BCUT2D eigenvalue weighted by Crippen LogP contribution is -2.29. The van der Waals surface area contributed by atoms with Crippen molar-refractivity contribution < 1.29 is 4.39 Å². The largest absolute Gasteiger partial charge is 0.381 e. The van der Waals surface area contributed by atoms with Gasteiger partial charge < -0.3 is 10.6 Å². The molecule has 1 aromatic carbocycles. The van der Waals surface area contributed by atoms with Gasteiger partial charge in [-0.2, -0.15) is 0 Å². The van der Waals surface area contributed by atoms with E-state index < -0.39 is 0 Å². The maximum absolute atomic E-state index is 13.0. The van der Waals surface area contributed by atoms with Crippen LogP contribution in [0.5, 0.6) is 0 Å². The second kappa shape index (κ2) is 5.34. The summed E-state index contributed by atoms with van der Waals surface area (Å²) in [7, 11) is 0. The molecule has 1 saturated heterocycles. The van der Waals surface area contributed by atoms with Crippen molar-refractivity contribution in [2.75, 3.05) is 18.4 Å². The molecule has 5 heteroatoms. The fraction of sp³-hybridized carbons (Fsp3) is 0.455. The molecular weight excluding hydrogens is 294 g/mol. The normalized spacial score (nSPS) is 20.1. The number of benzene rings is 1. The van der Waals surface area contributed by atoms with Crippen LogP contribution in [0.25, 0.3) is 0 Å². The molecule has 0 amide bonds. The van der Waals surface area contributed by atoms with Crippen LogP contribution in [0.1, 0.15) is 12.8 Å². The summed E-state index contributed by atoms with van der Waals surface area (Å²) in [6.45, 7) is 1.88. The van der Waals surface area contributed by atoms with Gasteiger partial charge in [-0.25, -0.2) is 4.39 Å². The van der Waals surface area contributed by atoms with E-state index in [1.165, 1.54) is 25.0 Å². The Hall–Kier alpha value is -0.320. The summed E-state index contributed by atoms with van der Waals surface area (Å²) in [5.41, 5.74) is 0.761. The number of hydrogen-bond donors (Lipinski definition) is 2. The molecule has 16 heavy (non-hydrogen) atoms. The van der Waals surface area contributed by atoms with Gasteiger partial charge in [0.15, 0.2) is 0 Å². The second-order valence-electron chi connectivity index (χ2n) is 3.92. The molecule has 0 radical (unpaired) electrons. The van der Waals surface area contributed by atoms with Gasteiger partial charge in [0.25, 0.3) is 0 Å². The van der Waals surface area contributed by atoms with Crippen LogP contribution in [0.15, 0.2) is 16.6 Å². The minimum Gasteiger partial charge on any atom is -0.381 e. The number of anilines is 1. The maximum Gasteiger partial charge on any atom is 0.125 e. The average molecular weight is 308 g/mol. The van der Waals surface area contributed by atoms with Crippen LogP contribution >= 0.6 is 27.5 Å². The van der Waals surface area contributed by atoms with Crippen molar-refractivity contribution in [2.24, 2.45) is 0 Å². The highest BCUT2D eigenvalue weighted by Crippen LogP contribution is 2.31. The van der Waals surface area contributed by atoms with E-state index in [4.69, 9.17) is 11.6 Å². The van der Waals surface area contributed by atoms with Crippen molar-refractivity contribution in [3.05, 3.63) is 27.4 Å². The number of hydrogen-bond acceptors (Lipinski definition) is 2. The Morgan fingerprint density at radius 3 is 3.00 bits per heavy atom. The standard InChI is InChI=1S/C11H13BrClFN2/c12-9-4-7(14)5-10(13)11(9)16-6-8-2-1-3-15-8/h4-5,8,15-16H,1-3,6H2. The molecule has 2 rings (SSSR count). The third kappa shape index (κ3) is 2.87. The van der Waals surface area contributed by atoms with Crippen molar-refractivity contribution in [1.29, 1.82) is 0 Å². The zero-order valence-corrected chi connectivity index (χ0v) is 11.0. The lowest BCUT2D eigenvalue weighted by Gasteiger charge is -2.15. The first kappa shape index (κ1) is 12.1. The predicted molar refractivity (Wildman–Crippen MR) is 68.6 cm³/mol. The van der Waals surface area contributed by atoms with Crippen molar-refractivity contribution in [3.8, 4) is 0 Å². The Bertz CT molecular complexity index is 357. The summed E-state index contributed by atoms with van der Waals surface area (Å²) in [5, 5.41) is 7.03. The lowest BCUT2D eigenvalue weighted by atomic mass is 10.2. The molecular formula is C11H13BrClFN2. The number of rotatable bonds is 3. The molecule has 1 unspecified atom stereocenters. The van der Waals surface area contributed by atoms with Gasteiger partial charge in [-0.1, -0.05) is 11.6 Å². The van der Waals surface area contributed by atoms with Crippen LogP contribution in [-0.2, 0) is 0 Å². The smallest absolute Gasteiger partial charge is 0.125 e. The first-order valence-electron chi connectivity index (χ1n) is 5.28. The highest BCUT2D eigenvalue weighted by Gasteiger charge is 2.15. The Balaban J connectivity index is 2.03. The van der Waals surface area contributed by atoms with Gasteiger partial charge in [0.1, 0.15) is 5.82 Å². The first-order valence-corrected chi connectivity index (χ1v) is 6.45. The van der Waals surface area contributed by atoms with Crippen molar-refractivity contribution in [3.63, 3.8) is 0 Å². The fourth-order valence-corrected chi connectivity index (χ4v) is 2.83. The molecule has 1 atom stereocenters. The van der Waals surface area contributed by atoms with Gasteiger partial charge in [-0.15, -0.1) is 0 Å². The summed E-state index contributed by atoms with van der Waals surface area (Å²) in [4.78, 5) is 0. The van der Waals surface area contributed by atoms with E-state index in [0.29, 0.717) is 15.5 Å². The predicted octanol–water partition coefficient (Wildman–Crippen LogP) is 3.41. The van der Waals surface area contributed by atoms with Gasteiger partial charge in [-0.05, 0) is 47.4 Å². The van der Waals surface area contributed by atoms with Crippen LogP contribution in [-0.4, -0.2) is 19.1 Å². The van der Waals surface area contributed by atoms with Crippen LogP contribution < -0.4 is 10.6 Å². The van der Waals surface area contributed by atoms with Gasteiger partial charge >= 0.3 is 0 Å². The van der Waals surface area contributed by atoms with Crippen LogP contribution in [0.3, 0.4) is 0 Å². The summed E-state index contributed by atoms with van der Waals surface area (Å²) in [6, 6.07) is 3.21. The van der Waals surface area contributed by atoms with E-state index in [1.807, 2.05) is 0 Å². The third-order valence-electron chi connectivity index (χ3n) is 2.69. The average Bonchev–Trinajstić information content (AvgIpc) is 2.68. The highest BCUT2D eigenvalue weighted by atomic mass is 79.9. The lowest BCUT2D eigenvalue weighted by molar-refractivity contribution is 0.625. The summed E-state index contributed by atoms with van der Waals surface area (Å²) >= 11 is 9.27. The molecule has 1 aliphatic heterocycles. The number of nitrogens with one attached hydrogen (secondary N) is 2. The van der Waals surface area contributed by atoms with Gasteiger partial charge in [-0.3, -0.25) is 0 Å². The topological polar surface area (TPSA) is 24.1 Å². The Labute approximate surface area is 108 Å². The van der Waals surface area contributed by atoms with Crippen LogP contribution in [0.2, 0.25) is 5.02 Å². The van der Waals surface area contributed by atoms with Crippen molar-refractivity contribution in [2.45, 2.75) is 18.9 Å². The van der Waals surface area contributed by atoms with Gasteiger partial charge in [0.2, 0.25) is 0 Å². The molecule has 0 spiro atoms. The Kier molecular flexibility index (Phi) is 4.05. The quantitative estimate of drug-likeness (QED) is 0.894. The third-order valence-corrected chi connectivity index (χ3v) is 3.62. The minimum atomic E-state index is -0.332. The maximum atomic E-state index is 13.0. The fourth-order valence-electron chi connectivity index (χ4n) is 1.87. The van der Waals surface area contributed by atoms with Crippen LogP contribution in [0, 0.1) is 5.82 Å². The van der Waals surface area contributed by atoms with E-state index >= 15 is 0 Å². The summed E-state index contributed by atoms with van der Waals surface area (Å²) < 4.78 is 13.7. The van der Waals surface area contributed by atoms with Gasteiger partial charge in [0, 0.05) is 17.1 Å². The zero-order valence-electron chi connectivity index (χ0n) is 8.69. The van der Waals surface area contributed by atoms with E-state index in [1.54, 1.807) is 0 Å². The molecule has 0 saturated carbocycles. The minimum absolute atomic E-state index is 0.332. The summed E-state index contributed by atoms with van der Waals surface area (Å²) in [6.07, 6.45) is 2.38. The van der Waals surface area contributed by atoms with Gasteiger partial charge in [0.05, 0.1) is 10.7 Å². The van der Waals surface area contributed by atoms with E-state index in [2.05, 4.69) is 26.6 Å². The molecule has 1 fully saturated rings. The van der Waals surface area contributed by atoms with E-state index in [9.17, 15) is 4.39 Å². The zero-order chi connectivity index (χ0) is 11.5. The summed E-state index contributed by atoms with van der Waals surface area (Å²) in [5.74, 6) is -0.332. The van der Waals surface area contributed by atoms with E-state index in [0.717, 1.165) is 18.8 Å². The van der Waals surface area contributed by atoms with Crippen molar-refractivity contribution in [1.82, 2.24) is 5.32 Å². The molecule has 1 aliphatic rings. The van der Waals surface area contributed by atoms with Crippen LogP contribution in [0.4, 0.5) is 10.1 Å². The molecule has 2 nitrogen and oxygen atoms in total. The second-order valence-corrected chi connectivity index (χ2v) is 5.18. The molecule has 88 valence electrons. The van der Waals surface area contributed by atoms with E-state index in [-0.39, 0.29) is 5.82 Å². The molecule has 0 bridgehead atoms. The molecule has 0 aliphatic carbocycles. The molecule has 1 aromatic rings. The molecule has 0 aromatic heterocycles. The molecule has 1 heterocycles. The molecule has 2 N–H and O–H groups in total. The number of halogens is 3. The highest BCUT2D eigenvalue weighted by molar-refractivity contribution is 9.10. The monoisotopic (exact) mass is 306 g/mol. The Morgan fingerprint density at radius 1 is 1.56 bits per heavy atom. The van der Waals surface area contributed by atoms with Crippen molar-refractivity contribution >= 4 is 33.2 Å².